The van der Waals surface area contributed by atoms with Crippen molar-refractivity contribution in [2.45, 2.75) is 45.7 Å². The molecule has 1 aliphatic heterocycles. The first kappa shape index (κ1) is 20.1. The molecule has 1 unspecified atom stereocenters. The molecule has 8 heteroatoms. The third-order valence-electron chi connectivity index (χ3n) is 5.91. The van der Waals surface area contributed by atoms with Crippen LogP contribution in [-0.4, -0.2) is 28.7 Å². The Hall–Kier alpha value is -2.87. The normalized spacial score (nSPS) is 15.8. The lowest BCUT2D eigenvalue weighted by Crippen LogP contribution is -2.36. The van der Waals surface area contributed by atoms with Gasteiger partial charge in [0.2, 0.25) is 5.91 Å². The van der Waals surface area contributed by atoms with E-state index in [1.165, 1.54) is 15.8 Å². The Balaban J connectivity index is 1.37. The Morgan fingerprint density at radius 3 is 2.84 bits per heavy atom. The van der Waals surface area contributed by atoms with Gasteiger partial charge in [0.15, 0.2) is 11.5 Å². The number of rotatable bonds is 5. The van der Waals surface area contributed by atoms with E-state index in [1.807, 2.05) is 18.2 Å². The summed E-state index contributed by atoms with van der Waals surface area (Å²) in [6.07, 6.45) is 4.51. The van der Waals surface area contributed by atoms with E-state index in [9.17, 15) is 9.59 Å². The third-order valence-corrected chi connectivity index (χ3v) is 7.11. The van der Waals surface area contributed by atoms with E-state index in [2.05, 4.69) is 24.1 Å². The maximum Gasteiger partial charge on any atom is 0.262 e. The average Bonchev–Trinajstić information content (AvgIpc) is 3.35. The highest BCUT2D eigenvalue weighted by Gasteiger charge is 2.24. The summed E-state index contributed by atoms with van der Waals surface area (Å²) in [5, 5.41) is 3.78. The van der Waals surface area contributed by atoms with Crippen molar-refractivity contribution in [2.24, 2.45) is 5.92 Å². The highest BCUT2D eigenvalue weighted by Crippen LogP contribution is 2.35. The molecule has 0 spiro atoms. The second-order valence-electron chi connectivity index (χ2n) is 8.41. The first-order valence-electron chi connectivity index (χ1n) is 10.7. The van der Waals surface area contributed by atoms with Crippen LogP contribution in [0.25, 0.3) is 10.2 Å². The fourth-order valence-electron chi connectivity index (χ4n) is 4.39. The van der Waals surface area contributed by atoms with Gasteiger partial charge in [-0.2, -0.15) is 0 Å². The molecule has 0 saturated heterocycles. The van der Waals surface area contributed by atoms with Gasteiger partial charge in [-0.15, -0.1) is 11.3 Å². The Bertz CT molecular complexity index is 1210. The van der Waals surface area contributed by atoms with E-state index in [-0.39, 0.29) is 30.0 Å². The molecular weight excluding hydrogens is 414 g/mol. The standard InChI is InChI=1S/C23H25N3O4S/c1-13(2)21(14-6-7-16-17(10-14)30-9-8-29-16)25-19(27)11-26-12-24-22-20(23(26)28)15-4-3-5-18(15)31-22/h6-7,10,12-13,21H,3-5,8-9,11H2,1-2H3,(H,25,27). The molecule has 31 heavy (non-hydrogen) atoms. The molecule has 1 aliphatic carbocycles. The zero-order valence-electron chi connectivity index (χ0n) is 17.6. The van der Waals surface area contributed by atoms with Crippen molar-refractivity contribution in [3.05, 3.63) is 50.9 Å². The van der Waals surface area contributed by atoms with Crippen molar-refractivity contribution >= 4 is 27.5 Å². The molecule has 0 saturated carbocycles. The summed E-state index contributed by atoms with van der Waals surface area (Å²) in [7, 11) is 0. The zero-order chi connectivity index (χ0) is 21.5. The van der Waals surface area contributed by atoms with E-state index in [0.29, 0.717) is 24.3 Å². The SMILES string of the molecule is CC(C)C(NC(=O)Cn1cnc2sc3c(c2c1=O)CCC3)c1ccc2c(c1)OCCO2. The van der Waals surface area contributed by atoms with E-state index in [4.69, 9.17) is 9.47 Å². The van der Waals surface area contributed by atoms with Gasteiger partial charge in [-0.3, -0.25) is 14.2 Å². The van der Waals surface area contributed by atoms with Gasteiger partial charge in [0.05, 0.1) is 17.8 Å². The van der Waals surface area contributed by atoms with Crippen LogP contribution >= 0.6 is 11.3 Å². The Morgan fingerprint density at radius 2 is 2.03 bits per heavy atom. The van der Waals surface area contributed by atoms with Gasteiger partial charge in [0, 0.05) is 4.88 Å². The molecule has 162 valence electrons. The van der Waals surface area contributed by atoms with Crippen LogP contribution < -0.4 is 20.3 Å². The maximum atomic E-state index is 13.1. The number of benzene rings is 1. The number of fused-ring (bicyclic) bond motifs is 4. The molecule has 5 rings (SSSR count). The van der Waals surface area contributed by atoms with Crippen molar-refractivity contribution in [3.8, 4) is 11.5 Å². The number of hydrogen-bond acceptors (Lipinski definition) is 6. The molecule has 1 N–H and O–H groups in total. The number of aryl methyl sites for hydroxylation is 2. The first-order valence-corrected chi connectivity index (χ1v) is 11.5. The quantitative estimate of drug-likeness (QED) is 0.660. The zero-order valence-corrected chi connectivity index (χ0v) is 18.5. The van der Waals surface area contributed by atoms with Gasteiger partial charge in [-0.05, 0) is 48.4 Å². The molecule has 2 aliphatic rings. The van der Waals surface area contributed by atoms with Gasteiger partial charge in [-0.25, -0.2) is 4.98 Å². The van der Waals surface area contributed by atoms with Gasteiger partial charge in [-0.1, -0.05) is 19.9 Å². The van der Waals surface area contributed by atoms with Crippen LogP contribution in [0.4, 0.5) is 0 Å². The van der Waals surface area contributed by atoms with E-state index in [1.54, 1.807) is 11.3 Å². The van der Waals surface area contributed by atoms with Crippen molar-refractivity contribution in [1.29, 1.82) is 0 Å². The number of nitrogens with one attached hydrogen (secondary N) is 1. The molecular formula is C23H25N3O4S. The van der Waals surface area contributed by atoms with Gasteiger partial charge >= 0.3 is 0 Å². The Labute approximate surface area is 184 Å². The number of aromatic nitrogens is 2. The molecule has 0 fully saturated rings. The summed E-state index contributed by atoms with van der Waals surface area (Å²) in [4.78, 5) is 32.4. The summed E-state index contributed by atoms with van der Waals surface area (Å²) in [5.74, 6) is 1.35. The number of carbonyl (C=O) groups excluding carboxylic acids is 1. The number of amides is 1. The molecule has 3 aromatic rings. The molecule has 3 heterocycles. The number of carbonyl (C=O) groups is 1. The van der Waals surface area contributed by atoms with Gasteiger partial charge < -0.3 is 14.8 Å². The second-order valence-corrected chi connectivity index (χ2v) is 9.49. The molecule has 0 bridgehead atoms. The minimum Gasteiger partial charge on any atom is -0.486 e. The van der Waals surface area contributed by atoms with Gasteiger partial charge in [0.25, 0.3) is 5.56 Å². The fourth-order valence-corrected chi connectivity index (χ4v) is 5.61. The Kier molecular flexibility index (Phi) is 5.17. The Morgan fingerprint density at radius 1 is 1.23 bits per heavy atom. The lowest BCUT2D eigenvalue weighted by molar-refractivity contribution is -0.122. The average molecular weight is 440 g/mol. The van der Waals surface area contributed by atoms with Crippen molar-refractivity contribution in [1.82, 2.24) is 14.9 Å². The number of nitrogens with zero attached hydrogens (tertiary/aromatic N) is 2. The topological polar surface area (TPSA) is 82.5 Å². The highest BCUT2D eigenvalue weighted by molar-refractivity contribution is 7.18. The summed E-state index contributed by atoms with van der Waals surface area (Å²) in [5.41, 5.74) is 1.95. The molecule has 0 radical (unpaired) electrons. The van der Waals surface area contributed by atoms with Crippen LogP contribution in [0, 0.1) is 5.92 Å². The minimum atomic E-state index is -0.219. The molecule has 1 aromatic carbocycles. The van der Waals surface area contributed by atoms with Crippen LogP contribution in [-0.2, 0) is 24.2 Å². The third kappa shape index (κ3) is 3.69. The van der Waals surface area contributed by atoms with Crippen molar-refractivity contribution < 1.29 is 14.3 Å². The van der Waals surface area contributed by atoms with Crippen molar-refractivity contribution in [3.63, 3.8) is 0 Å². The smallest absolute Gasteiger partial charge is 0.262 e. The number of ether oxygens (including phenoxy) is 2. The van der Waals surface area contributed by atoms with Crippen LogP contribution in [0.3, 0.4) is 0 Å². The lowest BCUT2D eigenvalue weighted by atomic mass is 9.95. The molecule has 1 atom stereocenters. The molecule has 2 aromatic heterocycles. The number of thiophene rings is 1. The molecule has 1 amide bonds. The predicted molar refractivity (Wildman–Crippen MR) is 119 cm³/mol. The van der Waals surface area contributed by atoms with Crippen molar-refractivity contribution in [2.75, 3.05) is 13.2 Å². The van der Waals surface area contributed by atoms with Crippen LogP contribution in [0.5, 0.6) is 11.5 Å². The van der Waals surface area contributed by atoms with Crippen LogP contribution in [0.2, 0.25) is 0 Å². The summed E-state index contributed by atoms with van der Waals surface area (Å²) >= 11 is 1.60. The largest absolute Gasteiger partial charge is 0.486 e. The summed E-state index contributed by atoms with van der Waals surface area (Å²) in [6, 6.07) is 5.55. The predicted octanol–water partition coefficient (Wildman–Crippen LogP) is 3.23. The van der Waals surface area contributed by atoms with E-state index < -0.39 is 0 Å². The van der Waals surface area contributed by atoms with Gasteiger partial charge in [0.1, 0.15) is 24.6 Å². The second kappa shape index (κ2) is 8.00. The maximum absolute atomic E-state index is 13.1. The highest BCUT2D eigenvalue weighted by atomic mass is 32.1. The molecule has 7 nitrogen and oxygen atoms in total. The lowest BCUT2D eigenvalue weighted by Gasteiger charge is -2.25. The van der Waals surface area contributed by atoms with Crippen LogP contribution in [0.1, 0.15) is 42.3 Å². The van der Waals surface area contributed by atoms with E-state index in [0.717, 1.165) is 41.0 Å². The number of hydrogen-bond donors (Lipinski definition) is 1. The fraction of sp³-hybridized carbons (Fsp3) is 0.435. The monoisotopic (exact) mass is 439 g/mol. The minimum absolute atomic E-state index is 0.0554. The van der Waals surface area contributed by atoms with Crippen LogP contribution in [0.15, 0.2) is 29.3 Å². The summed E-state index contributed by atoms with van der Waals surface area (Å²) < 4.78 is 12.7. The summed E-state index contributed by atoms with van der Waals surface area (Å²) in [6.45, 7) is 5.10. The van der Waals surface area contributed by atoms with E-state index >= 15 is 0 Å². The first-order chi connectivity index (χ1) is 15.0.